The topological polar surface area (TPSA) is 39.9 Å². The molecule has 0 spiro atoms. The summed E-state index contributed by atoms with van der Waals surface area (Å²) in [5, 5.41) is 9.92. The lowest BCUT2D eigenvalue weighted by Gasteiger charge is -2.21. The Morgan fingerprint density at radius 1 is 1.44 bits per heavy atom. The molecule has 0 unspecified atom stereocenters. The molecule has 4 heteroatoms. The minimum atomic E-state index is 0.427. The lowest BCUT2D eigenvalue weighted by molar-refractivity contribution is 0.263. The summed E-state index contributed by atoms with van der Waals surface area (Å²) in [6.07, 6.45) is 3.00. The Bertz CT molecular complexity index is 551. The van der Waals surface area contributed by atoms with Crippen LogP contribution in [0.5, 0.6) is 0 Å². The van der Waals surface area contributed by atoms with Crippen molar-refractivity contribution >= 4 is 21.6 Å². The van der Waals surface area contributed by atoms with Crippen molar-refractivity contribution in [3.8, 4) is 6.07 Å². The Morgan fingerprint density at radius 2 is 2.33 bits per heavy atom. The first-order valence-corrected chi connectivity index (χ1v) is 7.16. The van der Waals surface area contributed by atoms with Crippen LogP contribution in [0.25, 0.3) is 10.2 Å². The molecule has 2 aromatic rings. The second kappa shape index (κ2) is 5.05. The van der Waals surface area contributed by atoms with Gasteiger partial charge in [-0.15, -0.1) is 11.3 Å². The molecule has 1 aliphatic rings. The third-order valence-corrected chi connectivity index (χ3v) is 4.61. The summed E-state index contributed by atoms with van der Waals surface area (Å²) in [4.78, 5) is 7.15. The molecule has 3 rings (SSSR count). The first kappa shape index (κ1) is 11.6. The van der Waals surface area contributed by atoms with Crippen LogP contribution >= 0.6 is 11.3 Å². The zero-order valence-corrected chi connectivity index (χ0v) is 11.0. The second-order valence-corrected chi connectivity index (χ2v) is 5.68. The van der Waals surface area contributed by atoms with Crippen molar-refractivity contribution in [2.24, 2.45) is 0 Å². The number of para-hydroxylation sites is 1. The summed E-state index contributed by atoms with van der Waals surface area (Å²) < 4.78 is 1.26. The van der Waals surface area contributed by atoms with Gasteiger partial charge in [0.05, 0.1) is 22.3 Å². The molecule has 0 radical (unpaired) electrons. The van der Waals surface area contributed by atoms with Gasteiger partial charge in [0.15, 0.2) is 0 Å². The van der Waals surface area contributed by atoms with E-state index in [4.69, 9.17) is 10.2 Å². The minimum Gasteiger partial charge on any atom is -0.293 e. The summed E-state index contributed by atoms with van der Waals surface area (Å²) >= 11 is 1.80. The molecule has 0 amide bonds. The van der Waals surface area contributed by atoms with Gasteiger partial charge in [-0.2, -0.15) is 5.26 Å². The van der Waals surface area contributed by atoms with Crippen LogP contribution in [-0.2, 0) is 0 Å². The maximum absolute atomic E-state index is 8.71. The van der Waals surface area contributed by atoms with Gasteiger partial charge in [0, 0.05) is 13.0 Å². The summed E-state index contributed by atoms with van der Waals surface area (Å²) in [5.41, 5.74) is 1.10. The highest BCUT2D eigenvalue weighted by atomic mass is 32.1. The van der Waals surface area contributed by atoms with Crippen molar-refractivity contribution in [3.63, 3.8) is 0 Å². The van der Waals surface area contributed by atoms with Crippen molar-refractivity contribution in [2.45, 2.75) is 25.3 Å². The van der Waals surface area contributed by atoms with E-state index in [2.05, 4.69) is 29.2 Å². The van der Waals surface area contributed by atoms with Crippen LogP contribution in [0.1, 0.15) is 30.3 Å². The molecular weight excluding hydrogens is 242 g/mol. The van der Waals surface area contributed by atoms with Crippen LogP contribution < -0.4 is 0 Å². The van der Waals surface area contributed by atoms with Gasteiger partial charge in [-0.25, -0.2) is 4.98 Å². The van der Waals surface area contributed by atoms with Gasteiger partial charge in [-0.1, -0.05) is 12.1 Å². The zero-order valence-electron chi connectivity index (χ0n) is 10.2. The van der Waals surface area contributed by atoms with E-state index in [-0.39, 0.29) is 0 Å². The number of thiazole rings is 1. The molecule has 1 aromatic carbocycles. The van der Waals surface area contributed by atoms with Crippen molar-refractivity contribution in [2.75, 3.05) is 13.1 Å². The third-order valence-electron chi connectivity index (χ3n) is 3.47. The van der Waals surface area contributed by atoms with Gasteiger partial charge < -0.3 is 0 Å². The number of nitriles is 1. The Kier molecular flexibility index (Phi) is 3.26. The molecule has 1 fully saturated rings. The lowest BCUT2D eigenvalue weighted by Crippen LogP contribution is -2.24. The standard InChI is InChI=1S/C14H15N3S/c15-8-4-10-17-9-3-6-12(17)14-16-11-5-1-2-7-13(11)18-14/h1-2,5,7,12H,3-4,6,9-10H2/t12-/m1/s1. The molecule has 2 heterocycles. The van der Waals surface area contributed by atoms with Crippen molar-refractivity contribution in [1.82, 2.24) is 9.88 Å². The number of rotatable bonds is 3. The summed E-state index contributed by atoms with van der Waals surface area (Å²) in [5.74, 6) is 0. The van der Waals surface area contributed by atoms with Crippen LogP contribution in [0, 0.1) is 11.3 Å². The highest BCUT2D eigenvalue weighted by molar-refractivity contribution is 7.18. The van der Waals surface area contributed by atoms with Crippen LogP contribution in [0.2, 0.25) is 0 Å². The fourth-order valence-electron chi connectivity index (χ4n) is 2.60. The molecular formula is C14H15N3S. The molecule has 1 saturated heterocycles. The summed E-state index contributed by atoms with van der Waals surface area (Å²) in [6.45, 7) is 1.97. The molecule has 3 nitrogen and oxygen atoms in total. The van der Waals surface area contributed by atoms with Gasteiger partial charge in [0.2, 0.25) is 0 Å². The smallest absolute Gasteiger partial charge is 0.111 e. The Hall–Kier alpha value is -1.44. The highest BCUT2D eigenvalue weighted by Crippen LogP contribution is 2.36. The van der Waals surface area contributed by atoms with E-state index in [1.54, 1.807) is 11.3 Å². The van der Waals surface area contributed by atoms with Gasteiger partial charge in [0.25, 0.3) is 0 Å². The maximum Gasteiger partial charge on any atom is 0.111 e. The largest absolute Gasteiger partial charge is 0.293 e. The number of fused-ring (bicyclic) bond motifs is 1. The fraction of sp³-hybridized carbons (Fsp3) is 0.429. The number of likely N-dealkylation sites (tertiary alicyclic amines) is 1. The minimum absolute atomic E-state index is 0.427. The van der Waals surface area contributed by atoms with Gasteiger partial charge in [-0.3, -0.25) is 4.90 Å². The van der Waals surface area contributed by atoms with E-state index >= 15 is 0 Å². The summed E-state index contributed by atoms with van der Waals surface area (Å²) in [6, 6.07) is 11.0. The first-order valence-electron chi connectivity index (χ1n) is 6.35. The monoisotopic (exact) mass is 257 g/mol. The maximum atomic E-state index is 8.71. The van der Waals surface area contributed by atoms with Crippen LogP contribution in [0.4, 0.5) is 0 Å². The predicted octanol–water partition coefficient (Wildman–Crippen LogP) is 3.35. The quantitative estimate of drug-likeness (QED) is 0.846. The normalized spacial score (nSPS) is 20.3. The predicted molar refractivity (Wildman–Crippen MR) is 73.4 cm³/mol. The van der Waals surface area contributed by atoms with Gasteiger partial charge in [0.1, 0.15) is 5.01 Å². The van der Waals surface area contributed by atoms with Crippen molar-refractivity contribution in [1.29, 1.82) is 5.26 Å². The van der Waals surface area contributed by atoms with E-state index in [9.17, 15) is 0 Å². The Balaban J connectivity index is 1.86. The van der Waals surface area contributed by atoms with Gasteiger partial charge in [-0.05, 0) is 31.5 Å². The molecule has 1 atom stereocenters. The van der Waals surface area contributed by atoms with E-state index in [0.29, 0.717) is 12.5 Å². The highest BCUT2D eigenvalue weighted by Gasteiger charge is 2.27. The van der Waals surface area contributed by atoms with Crippen molar-refractivity contribution in [3.05, 3.63) is 29.3 Å². The lowest BCUT2D eigenvalue weighted by atomic mass is 10.2. The molecule has 0 N–H and O–H groups in total. The van der Waals surface area contributed by atoms with E-state index in [0.717, 1.165) is 18.6 Å². The number of benzene rings is 1. The third kappa shape index (κ3) is 2.12. The summed E-state index contributed by atoms with van der Waals surface area (Å²) in [7, 11) is 0. The molecule has 0 bridgehead atoms. The molecule has 0 saturated carbocycles. The fourth-order valence-corrected chi connectivity index (χ4v) is 3.74. The number of hydrogen-bond donors (Lipinski definition) is 0. The average Bonchev–Trinajstić information content (AvgIpc) is 3.01. The molecule has 18 heavy (non-hydrogen) atoms. The van der Waals surface area contributed by atoms with Crippen molar-refractivity contribution < 1.29 is 0 Å². The first-order chi connectivity index (χ1) is 8.88. The Morgan fingerprint density at radius 3 is 3.17 bits per heavy atom. The molecule has 1 aromatic heterocycles. The van der Waals surface area contributed by atoms with Gasteiger partial charge >= 0.3 is 0 Å². The molecule has 0 aliphatic carbocycles. The van der Waals surface area contributed by atoms with E-state index in [1.165, 1.54) is 22.5 Å². The zero-order chi connectivity index (χ0) is 12.4. The van der Waals surface area contributed by atoms with E-state index in [1.807, 2.05) is 6.07 Å². The average molecular weight is 257 g/mol. The second-order valence-electron chi connectivity index (χ2n) is 4.62. The SMILES string of the molecule is N#CCCN1CCC[C@@H]1c1nc2ccccc2s1. The number of hydrogen-bond acceptors (Lipinski definition) is 4. The number of nitrogens with zero attached hydrogens (tertiary/aromatic N) is 3. The van der Waals surface area contributed by atoms with E-state index < -0.39 is 0 Å². The molecule has 1 aliphatic heterocycles. The Labute approximate surface area is 111 Å². The van der Waals surface area contributed by atoms with Crippen LogP contribution in [0.3, 0.4) is 0 Å². The van der Waals surface area contributed by atoms with Crippen LogP contribution in [-0.4, -0.2) is 23.0 Å². The van der Waals surface area contributed by atoms with Crippen LogP contribution in [0.15, 0.2) is 24.3 Å². The number of aromatic nitrogens is 1. The molecule has 92 valence electrons.